The zero-order chi connectivity index (χ0) is 18.7. The number of carbonyl (C=O) groups excluding carboxylic acids is 3. The van der Waals surface area contributed by atoms with E-state index in [1.807, 2.05) is 13.8 Å². The zero-order valence-corrected chi connectivity index (χ0v) is 15.1. The summed E-state index contributed by atoms with van der Waals surface area (Å²) in [7, 11) is 0. The summed E-state index contributed by atoms with van der Waals surface area (Å²) in [6, 6.07) is 6.57. The Kier molecular flexibility index (Phi) is 9.34. The lowest BCUT2D eigenvalue weighted by atomic mass is 10.3. The molecule has 0 saturated carbocycles. The van der Waals surface area contributed by atoms with Gasteiger partial charge in [0.05, 0.1) is 6.54 Å². The smallest absolute Gasteiger partial charge is 0.293 e. The van der Waals surface area contributed by atoms with Gasteiger partial charge in [0, 0.05) is 11.6 Å². The lowest BCUT2D eigenvalue weighted by Crippen LogP contribution is -3.14. The molecule has 8 nitrogen and oxygen atoms in total. The van der Waals surface area contributed by atoms with Crippen LogP contribution in [0.1, 0.15) is 13.8 Å². The highest BCUT2D eigenvalue weighted by atomic mass is 35.5. The molecule has 1 rings (SSSR count). The number of likely N-dealkylation sites (N-methyl/N-ethyl adjacent to an activating group) is 2. The van der Waals surface area contributed by atoms with E-state index < -0.39 is 5.91 Å². The van der Waals surface area contributed by atoms with Crippen LogP contribution >= 0.6 is 11.6 Å². The Morgan fingerprint density at radius 1 is 1.00 bits per heavy atom. The van der Waals surface area contributed by atoms with Crippen molar-refractivity contribution >= 4 is 29.3 Å². The second-order valence-electron chi connectivity index (χ2n) is 5.25. The molecule has 0 aromatic heterocycles. The first kappa shape index (κ1) is 20.7. The van der Waals surface area contributed by atoms with E-state index >= 15 is 0 Å². The molecule has 138 valence electrons. The van der Waals surface area contributed by atoms with Crippen molar-refractivity contribution in [1.29, 1.82) is 0 Å². The number of halogens is 1. The molecule has 9 heteroatoms. The predicted molar refractivity (Wildman–Crippen MR) is 93.2 cm³/mol. The number of quaternary nitrogens is 1. The van der Waals surface area contributed by atoms with E-state index in [2.05, 4.69) is 16.2 Å². The van der Waals surface area contributed by atoms with Gasteiger partial charge in [-0.15, -0.1) is 0 Å². The minimum absolute atomic E-state index is 0.0754. The van der Waals surface area contributed by atoms with Gasteiger partial charge in [-0.25, -0.2) is 0 Å². The quantitative estimate of drug-likeness (QED) is 0.414. The van der Waals surface area contributed by atoms with Crippen molar-refractivity contribution in [3.63, 3.8) is 0 Å². The van der Waals surface area contributed by atoms with E-state index in [1.54, 1.807) is 24.3 Å². The first-order chi connectivity index (χ1) is 11.9. The third kappa shape index (κ3) is 8.92. The van der Waals surface area contributed by atoms with Crippen LogP contribution in [-0.2, 0) is 14.4 Å². The van der Waals surface area contributed by atoms with Crippen LogP contribution in [0.25, 0.3) is 0 Å². The number of rotatable bonds is 9. The topological polar surface area (TPSA) is 101 Å². The maximum absolute atomic E-state index is 11.8. The second-order valence-corrected chi connectivity index (χ2v) is 5.69. The van der Waals surface area contributed by atoms with Crippen molar-refractivity contribution in [3.05, 3.63) is 29.3 Å². The molecule has 4 N–H and O–H groups in total. The fourth-order valence-corrected chi connectivity index (χ4v) is 2.05. The van der Waals surface area contributed by atoms with Gasteiger partial charge in [0.1, 0.15) is 5.75 Å². The summed E-state index contributed by atoms with van der Waals surface area (Å²) in [5, 5.41) is 3.25. The summed E-state index contributed by atoms with van der Waals surface area (Å²) < 4.78 is 5.26. The van der Waals surface area contributed by atoms with E-state index in [0.29, 0.717) is 23.9 Å². The molecular formula is C16H24ClN4O4+. The lowest BCUT2D eigenvalue weighted by molar-refractivity contribution is -0.881. The SMILES string of the molecule is CCNC(=O)C[NH+](CC)CC(=O)NNC(=O)COc1ccc(Cl)cc1. The van der Waals surface area contributed by atoms with E-state index in [-0.39, 0.29) is 31.5 Å². The number of amides is 3. The molecule has 0 aliphatic heterocycles. The van der Waals surface area contributed by atoms with Gasteiger partial charge in [0.2, 0.25) is 0 Å². The van der Waals surface area contributed by atoms with Crippen LogP contribution in [0.3, 0.4) is 0 Å². The Hall–Kier alpha value is -2.32. The number of benzene rings is 1. The average molecular weight is 372 g/mol. The molecule has 1 unspecified atom stereocenters. The Bertz CT molecular complexity index is 580. The number of hydrogen-bond donors (Lipinski definition) is 4. The van der Waals surface area contributed by atoms with Crippen molar-refractivity contribution in [2.24, 2.45) is 0 Å². The van der Waals surface area contributed by atoms with Gasteiger partial charge in [-0.1, -0.05) is 11.6 Å². The van der Waals surface area contributed by atoms with Gasteiger partial charge in [0.15, 0.2) is 19.7 Å². The highest BCUT2D eigenvalue weighted by Gasteiger charge is 2.16. The van der Waals surface area contributed by atoms with Crippen LogP contribution in [0.15, 0.2) is 24.3 Å². The van der Waals surface area contributed by atoms with E-state index in [1.165, 1.54) is 0 Å². The number of hydrazine groups is 1. The normalized spacial score (nSPS) is 11.3. The highest BCUT2D eigenvalue weighted by molar-refractivity contribution is 6.30. The molecule has 0 fully saturated rings. The molecule has 0 radical (unpaired) electrons. The van der Waals surface area contributed by atoms with Gasteiger partial charge in [-0.05, 0) is 38.1 Å². The minimum Gasteiger partial charge on any atom is -0.484 e. The average Bonchev–Trinajstić information content (AvgIpc) is 2.59. The van der Waals surface area contributed by atoms with Crippen molar-refractivity contribution in [2.75, 3.05) is 32.8 Å². The standard InChI is InChI=1S/C16H23ClN4O4/c1-3-18-14(22)9-21(4-2)10-15(23)19-20-16(24)11-25-13-7-5-12(17)6-8-13/h5-8H,3-4,9-11H2,1-2H3,(H,18,22)(H,19,23)(H,20,24)/p+1. The van der Waals surface area contributed by atoms with Gasteiger partial charge in [-0.3, -0.25) is 25.2 Å². The molecule has 0 bridgehead atoms. The predicted octanol–water partition coefficient (Wildman–Crippen LogP) is -1.09. The summed E-state index contributed by atoms with van der Waals surface area (Å²) >= 11 is 5.75. The van der Waals surface area contributed by atoms with Crippen LogP contribution in [0, 0.1) is 0 Å². The zero-order valence-electron chi connectivity index (χ0n) is 14.4. The molecule has 1 atom stereocenters. The molecule has 3 amide bonds. The molecule has 25 heavy (non-hydrogen) atoms. The van der Waals surface area contributed by atoms with Crippen LogP contribution in [0.5, 0.6) is 5.75 Å². The van der Waals surface area contributed by atoms with Crippen molar-refractivity contribution < 1.29 is 24.0 Å². The molecule has 0 aliphatic carbocycles. The Morgan fingerprint density at radius 2 is 1.60 bits per heavy atom. The molecule has 1 aromatic rings. The highest BCUT2D eigenvalue weighted by Crippen LogP contribution is 2.15. The maximum Gasteiger partial charge on any atom is 0.293 e. The fourth-order valence-electron chi connectivity index (χ4n) is 1.93. The van der Waals surface area contributed by atoms with E-state index in [4.69, 9.17) is 16.3 Å². The maximum atomic E-state index is 11.8. The molecular weight excluding hydrogens is 348 g/mol. The molecule has 0 aliphatic rings. The molecule has 1 aromatic carbocycles. The fraction of sp³-hybridized carbons (Fsp3) is 0.438. The summed E-state index contributed by atoms with van der Waals surface area (Å²) in [6.45, 7) is 4.89. The van der Waals surface area contributed by atoms with Gasteiger partial charge in [-0.2, -0.15) is 0 Å². The summed E-state index contributed by atoms with van der Waals surface area (Å²) in [5.74, 6) is -0.506. The monoisotopic (exact) mass is 371 g/mol. The third-order valence-corrected chi connectivity index (χ3v) is 3.47. The van der Waals surface area contributed by atoms with Crippen molar-refractivity contribution in [1.82, 2.24) is 16.2 Å². The first-order valence-electron chi connectivity index (χ1n) is 8.00. The minimum atomic E-state index is -0.495. The van der Waals surface area contributed by atoms with Crippen molar-refractivity contribution in [3.8, 4) is 5.75 Å². The van der Waals surface area contributed by atoms with Crippen LogP contribution in [-0.4, -0.2) is 50.5 Å². The number of carbonyl (C=O) groups is 3. The lowest BCUT2D eigenvalue weighted by Gasteiger charge is -2.16. The van der Waals surface area contributed by atoms with Crippen LogP contribution in [0.2, 0.25) is 5.02 Å². The number of nitrogens with one attached hydrogen (secondary N) is 4. The summed E-state index contributed by atoms with van der Waals surface area (Å²) in [4.78, 5) is 35.8. The van der Waals surface area contributed by atoms with Gasteiger partial charge in [0.25, 0.3) is 17.7 Å². The number of ether oxygens (including phenoxy) is 1. The number of hydrogen-bond acceptors (Lipinski definition) is 4. The Morgan fingerprint density at radius 3 is 2.20 bits per heavy atom. The Balaban J connectivity index is 2.28. The van der Waals surface area contributed by atoms with Crippen molar-refractivity contribution in [2.45, 2.75) is 13.8 Å². The van der Waals surface area contributed by atoms with E-state index in [0.717, 1.165) is 4.90 Å². The van der Waals surface area contributed by atoms with Gasteiger partial charge >= 0.3 is 0 Å². The molecule has 0 saturated heterocycles. The molecule has 0 heterocycles. The molecule has 0 spiro atoms. The van der Waals surface area contributed by atoms with Crippen LogP contribution in [0.4, 0.5) is 0 Å². The third-order valence-electron chi connectivity index (χ3n) is 3.22. The Labute approximate surface area is 151 Å². The van der Waals surface area contributed by atoms with E-state index in [9.17, 15) is 14.4 Å². The van der Waals surface area contributed by atoms with Crippen LogP contribution < -0.4 is 25.8 Å². The second kappa shape index (κ2) is 11.3. The largest absolute Gasteiger partial charge is 0.484 e. The summed E-state index contributed by atoms with van der Waals surface area (Å²) in [5.41, 5.74) is 4.57. The van der Waals surface area contributed by atoms with Gasteiger partial charge < -0.3 is 15.0 Å². The first-order valence-corrected chi connectivity index (χ1v) is 8.38. The summed E-state index contributed by atoms with van der Waals surface area (Å²) in [6.07, 6.45) is 0.